The highest BCUT2D eigenvalue weighted by Gasteiger charge is 2.39. The van der Waals surface area contributed by atoms with Gasteiger partial charge in [-0.3, -0.25) is 28.4 Å². The number of hydrogen-bond donors (Lipinski definition) is 2. The number of benzene rings is 1. The molecule has 1 unspecified atom stereocenters. The van der Waals surface area contributed by atoms with Crippen molar-refractivity contribution in [2.75, 3.05) is 38.4 Å². The van der Waals surface area contributed by atoms with Crippen molar-refractivity contribution in [3.8, 4) is 0 Å². The number of imide groups is 1. The largest absolute Gasteiger partial charge is 0.415 e. The number of imidazole rings is 1. The topological polar surface area (TPSA) is 124 Å². The Kier molecular flexibility index (Phi) is 9.26. The lowest BCUT2D eigenvalue weighted by molar-refractivity contribution is -0.157. The van der Waals surface area contributed by atoms with E-state index in [1.807, 2.05) is 0 Å². The number of carbonyl (C=O) groups excluding carboxylic acids is 3. The van der Waals surface area contributed by atoms with Crippen LogP contribution in [0.4, 0.5) is 5.69 Å². The molecule has 2 N–H and O–H groups in total. The van der Waals surface area contributed by atoms with Gasteiger partial charge in [0.15, 0.2) is 8.32 Å². The third-order valence-electron chi connectivity index (χ3n) is 8.67. The minimum Gasteiger partial charge on any atom is -0.415 e. The molecule has 0 radical (unpaired) electrons. The fraction of sp³-hybridized carbons (Fsp3) is 0.655. The van der Waals surface area contributed by atoms with Gasteiger partial charge in [-0.15, -0.1) is 0 Å². The normalized spacial score (nSPS) is 18.0. The first-order chi connectivity index (χ1) is 19.5. The monoisotopic (exact) mass is 617 g/mol. The third kappa shape index (κ3) is 6.58. The number of hydrogen-bond acceptors (Lipinski definition) is 7. The quantitative estimate of drug-likeness (QED) is 0.222. The van der Waals surface area contributed by atoms with E-state index >= 15 is 0 Å². The molecule has 1 saturated heterocycles. The predicted molar refractivity (Wildman–Crippen MR) is 169 cm³/mol. The van der Waals surface area contributed by atoms with Crippen molar-refractivity contribution in [1.29, 1.82) is 0 Å². The molecule has 3 heterocycles. The van der Waals surface area contributed by atoms with Crippen molar-refractivity contribution in [3.05, 3.63) is 28.2 Å². The van der Waals surface area contributed by atoms with Crippen molar-refractivity contribution >= 4 is 50.8 Å². The first-order valence-electron chi connectivity index (χ1n) is 14.9. The van der Waals surface area contributed by atoms with E-state index < -0.39 is 28.3 Å². The van der Waals surface area contributed by atoms with Gasteiger partial charge in [-0.25, -0.2) is 4.79 Å². The summed E-state index contributed by atoms with van der Waals surface area (Å²) in [5.74, 6) is -0.977. The Hall–Kier alpha value is -2.75. The summed E-state index contributed by atoms with van der Waals surface area (Å²) in [6.45, 7) is 19.6. The van der Waals surface area contributed by atoms with Gasteiger partial charge in [0.1, 0.15) is 12.8 Å². The fourth-order valence-electron chi connectivity index (χ4n) is 5.06. The Morgan fingerprint density at radius 2 is 1.81 bits per heavy atom. The van der Waals surface area contributed by atoms with Crippen LogP contribution in [0.2, 0.25) is 43.8 Å². The average Bonchev–Trinajstić information content (AvgIpc) is 3.18. The van der Waals surface area contributed by atoms with Gasteiger partial charge in [0.05, 0.1) is 28.9 Å². The zero-order valence-electron chi connectivity index (χ0n) is 26.4. The van der Waals surface area contributed by atoms with Gasteiger partial charge in [-0.1, -0.05) is 40.4 Å². The van der Waals surface area contributed by atoms with Crippen LogP contribution >= 0.6 is 0 Å². The Bertz CT molecular complexity index is 1420. The number of rotatable bonds is 11. The number of aromatic nitrogens is 2. The summed E-state index contributed by atoms with van der Waals surface area (Å²) in [4.78, 5) is 54.3. The van der Waals surface area contributed by atoms with Crippen molar-refractivity contribution in [3.63, 3.8) is 0 Å². The number of amides is 3. The molecular formula is C29H47N5O6Si2. The SMILES string of the molecule is CC(C)(C)[Si](C)(C)OCCNC(=O)c1ccc2c3c1NCCn3c(=O)n2C1CCC(=O)N(COCC[Si](C)(C)C)C1=O. The lowest BCUT2D eigenvalue weighted by atomic mass is 10.0. The highest BCUT2D eigenvalue weighted by atomic mass is 28.4. The number of likely N-dealkylation sites (tertiary alicyclic amines) is 1. The van der Waals surface area contributed by atoms with Crippen molar-refractivity contribution in [2.24, 2.45) is 0 Å². The van der Waals surface area contributed by atoms with Crippen LogP contribution in [0.3, 0.4) is 0 Å². The summed E-state index contributed by atoms with van der Waals surface area (Å²) in [6, 6.07) is 3.52. The molecule has 232 valence electrons. The number of nitrogens with zero attached hydrogens (tertiary/aromatic N) is 3. The van der Waals surface area contributed by atoms with Crippen LogP contribution in [-0.4, -0.2) is 81.2 Å². The number of piperidine rings is 1. The molecule has 42 heavy (non-hydrogen) atoms. The standard InChI is InChI=1S/C29H47N5O6Si2/c1-29(2,3)42(7,8)40-16-14-31-26(36)20-9-10-21-25-24(20)30-13-15-32(25)28(38)34(21)22-11-12-23(35)33(27(22)37)19-39-17-18-41(4,5)6/h9-10,22,30H,11-19H2,1-8H3,(H,31,36). The van der Waals surface area contributed by atoms with Gasteiger partial charge in [0.25, 0.3) is 11.8 Å². The molecule has 0 spiro atoms. The highest BCUT2D eigenvalue weighted by molar-refractivity contribution is 6.76. The molecule has 11 nitrogen and oxygen atoms in total. The van der Waals surface area contributed by atoms with Crippen LogP contribution in [0.1, 0.15) is 50.0 Å². The van der Waals surface area contributed by atoms with Crippen LogP contribution in [0.25, 0.3) is 11.0 Å². The van der Waals surface area contributed by atoms with E-state index in [1.54, 1.807) is 16.7 Å². The van der Waals surface area contributed by atoms with E-state index in [9.17, 15) is 19.2 Å². The third-order valence-corrected chi connectivity index (χ3v) is 14.9. The number of ether oxygens (including phenoxy) is 1. The van der Waals surface area contributed by atoms with Crippen LogP contribution in [0.15, 0.2) is 16.9 Å². The van der Waals surface area contributed by atoms with Crippen LogP contribution in [-0.2, 0) is 25.3 Å². The van der Waals surface area contributed by atoms with E-state index in [2.05, 4.69) is 64.1 Å². The summed E-state index contributed by atoms with van der Waals surface area (Å²) >= 11 is 0. The van der Waals surface area contributed by atoms with Gasteiger partial charge >= 0.3 is 5.69 Å². The van der Waals surface area contributed by atoms with Gasteiger partial charge in [-0.05, 0) is 42.7 Å². The maximum Gasteiger partial charge on any atom is 0.329 e. The summed E-state index contributed by atoms with van der Waals surface area (Å²) in [5, 5.41) is 6.34. The predicted octanol–water partition coefficient (Wildman–Crippen LogP) is 3.98. The first kappa shape index (κ1) is 32.2. The molecule has 3 amide bonds. The molecule has 0 saturated carbocycles. The summed E-state index contributed by atoms with van der Waals surface area (Å²) in [7, 11) is -3.24. The van der Waals surface area contributed by atoms with Gasteiger partial charge in [0, 0.05) is 40.7 Å². The molecule has 1 aromatic carbocycles. The Balaban J connectivity index is 1.54. The van der Waals surface area contributed by atoms with Gasteiger partial charge < -0.3 is 19.8 Å². The maximum atomic E-state index is 13.7. The van der Waals surface area contributed by atoms with Gasteiger partial charge in [-0.2, -0.15) is 0 Å². The average molecular weight is 618 g/mol. The molecule has 1 aromatic heterocycles. The molecule has 13 heteroatoms. The summed E-state index contributed by atoms with van der Waals surface area (Å²) in [6.07, 6.45) is 0.386. The molecule has 1 atom stereocenters. The maximum absolute atomic E-state index is 13.7. The second-order valence-electron chi connectivity index (χ2n) is 14.0. The minimum atomic E-state index is -1.92. The molecule has 0 bridgehead atoms. The summed E-state index contributed by atoms with van der Waals surface area (Å²) in [5.41, 5.74) is 1.85. The first-order valence-corrected chi connectivity index (χ1v) is 21.5. The molecule has 1 fully saturated rings. The van der Waals surface area contributed by atoms with E-state index in [0.29, 0.717) is 55.1 Å². The van der Waals surface area contributed by atoms with E-state index in [-0.39, 0.29) is 42.1 Å². The fourth-order valence-corrected chi connectivity index (χ4v) is 6.86. The molecule has 0 aliphatic carbocycles. The summed E-state index contributed by atoms with van der Waals surface area (Å²) < 4.78 is 15.0. The molecule has 4 rings (SSSR count). The number of nitrogens with one attached hydrogen (secondary N) is 2. The molecule has 2 aliphatic heterocycles. The van der Waals surface area contributed by atoms with Crippen LogP contribution < -0.4 is 16.3 Å². The van der Waals surface area contributed by atoms with Crippen LogP contribution in [0, 0.1) is 0 Å². The number of carbonyl (C=O) groups is 3. The lowest BCUT2D eigenvalue weighted by Crippen LogP contribution is -2.48. The van der Waals surface area contributed by atoms with Crippen molar-refractivity contribution in [2.45, 2.75) is 90.0 Å². The second kappa shape index (κ2) is 12.1. The van der Waals surface area contributed by atoms with Crippen molar-refractivity contribution < 1.29 is 23.5 Å². The van der Waals surface area contributed by atoms with E-state index in [4.69, 9.17) is 9.16 Å². The van der Waals surface area contributed by atoms with Gasteiger partial charge in [0.2, 0.25) is 5.91 Å². The lowest BCUT2D eigenvalue weighted by Gasteiger charge is -2.36. The Labute approximate surface area is 250 Å². The zero-order chi connectivity index (χ0) is 31.0. The Morgan fingerprint density at radius 1 is 1.10 bits per heavy atom. The molecule has 2 aliphatic rings. The van der Waals surface area contributed by atoms with E-state index in [1.165, 1.54) is 4.57 Å². The zero-order valence-corrected chi connectivity index (χ0v) is 28.4. The Morgan fingerprint density at radius 3 is 2.48 bits per heavy atom. The van der Waals surface area contributed by atoms with Crippen LogP contribution in [0.5, 0.6) is 0 Å². The molecule has 2 aromatic rings. The number of anilines is 1. The highest BCUT2D eigenvalue weighted by Crippen LogP contribution is 2.36. The molecular weight excluding hydrogens is 571 g/mol. The van der Waals surface area contributed by atoms with E-state index in [0.717, 1.165) is 10.9 Å². The minimum absolute atomic E-state index is 0.0810. The van der Waals surface area contributed by atoms with Crippen molar-refractivity contribution in [1.82, 2.24) is 19.4 Å². The smallest absolute Gasteiger partial charge is 0.329 e. The second-order valence-corrected chi connectivity index (χ2v) is 24.4.